The van der Waals surface area contributed by atoms with Crippen LogP contribution in [0.5, 0.6) is 0 Å². The highest BCUT2D eigenvalue weighted by Crippen LogP contribution is 2.27. The van der Waals surface area contributed by atoms with Crippen molar-refractivity contribution in [3.8, 4) is 11.4 Å². The maximum Gasteiger partial charge on any atom is 0.204 e. The largest absolute Gasteiger partial charge is 0.451 e. The van der Waals surface area contributed by atoms with E-state index in [9.17, 15) is 0 Å². The fourth-order valence-electron chi connectivity index (χ4n) is 1.72. The average molecular weight is 399 g/mol. The average Bonchev–Trinajstić information content (AvgIpc) is 3.08. The van der Waals surface area contributed by atoms with Crippen LogP contribution in [0.1, 0.15) is 5.76 Å². The number of hydrogen-bond donors (Lipinski definition) is 2. The van der Waals surface area contributed by atoms with Gasteiger partial charge in [-0.05, 0) is 55.3 Å². The number of H-pyrrole nitrogens is 1. The summed E-state index contributed by atoms with van der Waals surface area (Å²) in [4.78, 5) is 0. The Bertz CT molecular complexity index is 691. The molecule has 0 atom stereocenters. The van der Waals surface area contributed by atoms with Gasteiger partial charge in [-0.1, -0.05) is 12.1 Å². The number of nitrogens with one attached hydrogen (secondary N) is 2. The fraction of sp³-hybridized carbons (Fsp3) is 0.0833. The molecule has 0 aliphatic carbocycles. The summed E-state index contributed by atoms with van der Waals surface area (Å²) in [6.45, 7) is 0.583. The number of rotatable bonds is 4. The van der Waals surface area contributed by atoms with Gasteiger partial charge in [-0.15, -0.1) is 10.2 Å². The van der Waals surface area contributed by atoms with Crippen molar-refractivity contribution < 1.29 is 4.42 Å². The molecular formula is C12H9Br2N5O. The Morgan fingerprint density at radius 1 is 1.25 bits per heavy atom. The predicted molar refractivity (Wildman–Crippen MR) is 81.0 cm³/mol. The number of anilines is 1. The summed E-state index contributed by atoms with van der Waals surface area (Å²) < 4.78 is 7.09. The van der Waals surface area contributed by atoms with Gasteiger partial charge in [0.25, 0.3) is 0 Å². The van der Waals surface area contributed by atoms with E-state index in [1.807, 2.05) is 30.3 Å². The molecule has 8 heteroatoms. The van der Waals surface area contributed by atoms with Gasteiger partial charge in [-0.3, -0.25) is 0 Å². The lowest BCUT2D eigenvalue weighted by Gasteiger charge is -2.05. The lowest BCUT2D eigenvalue weighted by molar-refractivity contribution is 0.494. The Hall–Kier alpha value is -1.67. The van der Waals surface area contributed by atoms with Crippen LogP contribution in [0.25, 0.3) is 11.4 Å². The summed E-state index contributed by atoms with van der Waals surface area (Å²) in [6.07, 6.45) is 0. The molecule has 0 bridgehead atoms. The van der Waals surface area contributed by atoms with Gasteiger partial charge in [-0.25, -0.2) is 0 Å². The maximum absolute atomic E-state index is 5.51. The van der Waals surface area contributed by atoms with Crippen LogP contribution >= 0.6 is 31.9 Å². The second-order valence-electron chi connectivity index (χ2n) is 4.00. The van der Waals surface area contributed by atoms with E-state index < -0.39 is 0 Å². The van der Waals surface area contributed by atoms with Gasteiger partial charge in [0.15, 0.2) is 4.67 Å². The Balaban J connectivity index is 1.73. The number of halogens is 2. The van der Waals surface area contributed by atoms with E-state index in [1.165, 1.54) is 0 Å². The SMILES string of the molecule is Brc1cc(CNc2cccc(-c3nn[nH]n3)c2)oc1Br. The molecule has 3 aromatic rings. The molecule has 0 amide bonds. The highest BCUT2D eigenvalue weighted by Gasteiger charge is 2.07. The van der Waals surface area contributed by atoms with Gasteiger partial charge in [0.2, 0.25) is 5.82 Å². The zero-order chi connectivity index (χ0) is 13.9. The minimum Gasteiger partial charge on any atom is -0.451 e. The first-order chi connectivity index (χ1) is 9.72. The standard InChI is InChI=1S/C12H9Br2N5O/c13-10-5-9(20-11(10)14)6-15-8-3-1-2-7(4-8)12-16-18-19-17-12/h1-5,15H,6H2,(H,16,17,18,19). The highest BCUT2D eigenvalue weighted by atomic mass is 79.9. The number of aromatic nitrogens is 4. The fourth-order valence-corrected chi connectivity index (χ4v) is 2.38. The molecule has 0 saturated carbocycles. The van der Waals surface area contributed by atoms with E-state index in [-0.39, 0.29) is 0 Å². The van der Waals surface area contributed by atoms with Crippen LogP contribution in [0.2, 0.25) is 0 Å². The van der Waals surface area contributed by atoms with Crippen LogP contribution in [-0.2, 0) is 6.54 Å². The number of aromatic amines is 1. The van der Waals surface area contributed by atoms with E-state index >= 15 is 0 Å². The molecule has 3 rings (SSSR count). The molecule has 0 radical (unpaired) electrons. The first-order valence-corrected chi connectivity index (χ1v) is 7.32. The van der Waals surface area contributed by atoms with Crippen molar-refractivity contribution in [1.29, 1.82) is 0 Å². The van der Waals surface area contributed by atoms with Gasteiger partial charge in [-0.2, -0.15) is 5.21 Å². The lowest BCUT2D eigenvalue weighted by Crippen LogP contribution is -1.98. The third kappa shape index (κ3) is 2.91. The van der Waals surface area contributed by atoms with Crippen LogP contribution in [0.4, 0.5) is 5.69 Å². The summed E-state index contributed by atoms with van der Waals surface area (Å²) in [7, 11) is 0. The molecule has 1 aromatic carbocycles. The Morgan fingerprint density at radius 2 is 2.15 bits per heavy atom. The van der Waals surface area contributed by atoms with Crippen LogP contribution in [0.15, 0.2) is 43.9 Å². The zero-order valence-corrected chi connectivity index (χ0v) is 13.3. The van der Waals surface area contributed by atoms with Crippen LogP contribution < -0.4 is 5.32 Å². The number of benzene rings is 1. The van der Waals surface area contributed by atoms with Gasteiger partial charge in [0.05, 0.1) is 11.0 Å². The normalized spacial score (nSPS) is 10.7. The van der Waals surface area contributed by atoms with Gasteiger partial charge in [0, 0.05) is 11.3 Å². The summed E-state index contributed by atoms with van der Waals surface area (Å²) in [5.74, 6) is 1.39. The molecule has 2 N–H and O–H groups in total. The molecule has 0 unspecified atom stereocenters. The molecule has 0 spiro atoms. The molecule has 0 aliphatic heterocycles. The lowest BCUT2D eigenvalue weighted by atomic mass is 10.2. The first kappa shape index (κ1) is 13.3. The Kier molecular flexibility index (Phi) is 3.83. The van der Waals surface area contributed by atoms with Gasteiger partial charge >= 0.3 is 0 Å². The molecular weight excluding hydrogens is 390 g/mol. The molecule has 6 nitrogen and oxygen atoms in total. The molecule has 2 heterocycles. The van der Waals surface area contributed by atoms with E-state index in [4.69, 9.17) is 4.42 Å². The van der Waals surface area contributed by atoms with E-state index in [0.717, 1.165) is 21.5 Å². The second-order valence-corrected chi connectivity index (χ2v) is 5.58. The van der Waals surface area contributed by atoms with E-state index in [1.54, 1.807) is 0 Å². The zero-order valence-electron chi connectivity index (χ0n) is 10.1. The Labute approximate surface area is 131 Å². The summed E-state index contributed by atoms with van der Waals surface area (Å²) in [5, 5.41) is 17.2. The molecule has 20 heavy (non-hydrogen) atoms. The quantitative estimate of drug-likeness (QED) is 0.701. The number of hydrogen-bond acceptors (Lipinski definition) is 5. The summed E-state index contributed by atoms with van der Waals surface area (Å²) >= 11 is 6.70. The molecule has 0 aliphatic rings. The minimum absolute atomic E-state index is 0.567. The van der Waals surface area contributed by atoms with Gasteiger partial charge in [0.1, 0.15) is 5.76 Å². The Morgan fingerprint density at radius 3 is 2.85 bits per heavy atom. The number of furan rings is 1. The van der Waals surface area contributed by atoms with Gasteiger partial charge < -0.3 is 9.73 Å². The topological polar surface area (TPSA) is 79.6 Å². The number of nitrogens with zero attached hydrogens (tertiary/aromatic N) is 3. The first-order valence-electron chi connectivity index (χ1n) is 5.74. The second kappa shape index (κ2) is 5.76. The van der Waals surface area contributed by atoms with E-state index in [2.05, 4.69) is 57.8 Å². The summed E-state index contributed by atoms with van der Waals surface area (Å²) in [6, 6.07) is 9.70. The van der Waals surface area contributed by atoms with Crippen molar-refractivity contribution in [3.05, 3.63) is 45.2 Å². The molecule has 0 fully saturated rings. The van der Waals surface area contributed by atoms with Crippen molar-refractivity contribution >= 4 is 37.5 Å². The molecule has 102 valence electrons. The van der Waals surface area contributed by atoms with Crippen molar-refractivity contribution in [2.45, 2.75) is 6.54 Å². The summed E-state index contributed by atoms with van der Waals surface area (Å²) in [5.41, 5.74) is 1.85. The van der Waals surface area contributed by atoms with Crippen LogP contribution in [0.3, 0.4) is 0 Å². The van der Waals surface area contributed by atoms with Crippen molar-refractivity contribution in [2.75, 3.05) is 5.32 Å². The van der Waals surface area contributed by atoms with Crippen molar-refractivity contribution in [3.63, 3.8) is 0 Å². The monoisotopic (exact) mass is 397 g/mol. The minimum atomic E-state index is 0.567. The third-order valence-corrected chi connectivity index (χ3v) is 4.34. The molecule has 0 saturated heterocycles. The maximum atomic E-state index is 5.51. The predicted octanol–water partition coefficient (Wildman–Crippen LogP) is 3.60. The number of tetrazole rings is 1. The highest BCUT2D eigenvalue weighted by molar-refractivity contribution is 9.13. The van der Waals surface area contributed by atoms with Crippen LogP contribution in [-0.4, -0.2) is 20.6 Å². The van der Waals surface area contributed by atoms with Crippen molar-refractivity contribution in [1.82, 2.24) is 20.6 Å². The third-order valence-electron chi connectivity index (χ3n) is 2.63. The van der Waals surface area contributed by atoms with Crippen molar-refractivity contribution in [2.24, 2.45) is 0 Å². The van der Waals surface area contributed by atoms with Crippen LogP contribution in [0, 0.1) is 0 Å². The van der Waals surface area contributed by atoms with E-state index in [0.29, 0.717) is 17.0 Å². The molecule has 2 aromatic heterocycles. The smallest absolute Gasteiger partial charge is 0.204 e.